The Morgan fingerprint density at radius 2 is 1.56 bits per heavy atom. The molecule has 0 aliphatic rings. The van der Waals surface area contributed by atoms with Crippen LogP contribution in [0.3, 0.4) is 0 Å². The molecule has 184 valence electrons. The van der Waals surface area contributed by atoms with Gasteiger partial charge < -0.3 is 10.1 Å². The monoisotopic (exact) mass is 536 g/mol. The van der Waals surface area contributed by atoms with E-state index in [-0.39, 0.29) is 34.1 Å². The Morgan fingerprint density at radius 3 is 2.22 bits per heavy atom. The highest BCUT2D eigenvalue weighted by Crippen LogP contribution is 2.30. The number of hydrazone groups is 1. The molecule has 0 saturated carbocycles. The van der Waals surface area contributed by atoms with Crippen molar-refractivity contribution in [2.75, 3.05) is 10.7 Å². The molecule has 13 heteroatoms. The predicted molar refractivity (Wildman–Crippen MR) is 129 cm³/mol. The lowest BCUT2D eigenvalue weighted by atomic mass is 10.2. The van der Waals surface area contributed by atoms with E-state index in [2.05, 4.69) is 35.5 Å². The van der Waals surface area contributed by atoms with Crippen molar-refractivity contribution in [3.8, 4) is 17.1 Å². The first-order valence-electron chi connectivity index (χ1n) is 10.0. The van der Waals surface area contributed by atoms with Gasteiger partial charge in [-0.3, -0.25) is 0 Å². The fraction of sp³-hybridized carbons (Fsp3) is 0.0435. The van der Waals surface area contributed by atoms with Gasteiger partial charge in [-0.1, -0.05) is 29.3 Å². The molecule has 2 N–H and O–H groups in total. The van der Waals surface area contributed by atoms with E-state index in [4.69, 9.17) is 23.2 Å². The fourth-order valence-corrected chi connectivity index (χ4v) is 3.26. The minimum Gasteiger partial charge on any atom is -0.406 e. The van der Waals surface area contributed by atoms with Crippen LogP contribution in [0, 0.1) is 5.82 Å². The third-order valence-electron chi connectivity index (χ3n) is 4.41. The second-order valence-corrected chi connectivity index (χ2v) is 7.87. The van der Waals surface area contributed by atoms with Crippen LogP contribution in [0.4, 0.5) is 35.1 Å². The zero-order chi connectivity index (χ0) is 25.7. The van der Waals surface area contributed by atoms with Gasteiger partial charge >= 0.3 is 6.36 Å². The van der Waals surface area contributed by atoms with E-state index in [9.17, 15) is 17.6 Å². The predicted octanol–water partition coefficient (Wildman–Crippen LogP) is 7.07. The maximum atomic E-state index is 14.5. The van der Waals surface area contributed by atoms with Crippen LogP contribution in [-0.2, 0) is 0 Å². The van der Waals surface area contributed by atoms with Crippen molar-refractivity contribution in [1.82, 2.24) is 15.0 Å². The molecule has 4 aromatic rings. The topological polar surface area (TPSA) is 84.3 Å². The number of nitrogens with one attached hydrogen (secondary N) is 2. The Kier molecular flexibility index (Phi) is 7.51. The van der Waals surface area contributed by atoms with Gasteiger partial charge in [-0.15, -0.1) is 13.2 Å². The Morgan fingerprint density at radius 1 is 0.861 bits per heavy atom. The van der Waals surface area contributed by atoms with E-state index in [0.29, 0.717) is 16.3 Å². The van der Waals surface area contributed by atoms with E-state index in [1.165, 1.54) is 36.5 Å². The van der Waals surface area contributed by atoms with Gasteiger partial charge in [0.05, 0.1) is 16.8 Å². The number of nitrogens with zero attached hydrogens (tertiary/aromatic N) is 4. The summed E-state index contributed by atoms with van der Waals surface area (Å²) in [6, 6.07) is 15.9. The van der Waals surface area contributed by atoms with E-state index < -0.39 is 12.2 Å². The normalized spacial score (nSPS) is 11.5. The van der Waals surface area contributed by atoms with Crippen LogP contribution in [0.25, 0.3) is 11.4 Å². The first kappa shape index (κ1) is 25.1. The molecule has 36 heavy (non-hydrogen) atoms. The van der Waals surface area contributed by atoms with Crippen molar-refractivity contribution in [2.45, 2.75) is 6.36 Å². The molecule has 0 unspecified atom stereocenters. The van der Waals surface area contributed by atoms with Gasteiger partial charge in [0, 0.05) is 10.7 Å². The third-order valence-corrected chi connectivity index (χ3v) is 4.98. The summed E-state index contributed by atoms with van der Waals surface area (Å²) in [5.41, 5.74) is 3.63. The first-order valence-corrected chi connectivity index (χ1v) is 10.8. The number of ether oxygens (including phenoxy) is 1. The molecule has 0 fully saturated rings. The van der Waals surface area contributed by atoms with Crippen molar-refractivity contribution < 1.29 is 22.3 Å². The quantitative estimate of drug-likeness (QED) is 0.149. The highest BCUT2D eigenvalue weighted by atomic mass is 35.5. The molecule has 7 nitrogen and oxygen atoms in total. The zero-order valence-corrected chi connectivity index (χ0v) is 19.4. The minimum atomic E-state index is -4.79. The Hall–Kier alpha value is -3.96. The van der Waals surface area contributed by atoms with Crippen molar-refractivity contribution in [1.29, 1.82) is 0 Å². The molecule has 0 aliphatic carbocycles. The van der Waals surface area contributed by atoms with Crippen LogP contribution in [-0.4, -0.2) is 27.5 Å². The third kappa shape index (κ3) is 6.80. The average Bonchev–Trinajstić information content (AvgIpc) is 2.81. The summed E-state index contributed by atoms with van der Waals surface area (Å²) in [5, 5.41) is 7.59. The highest BCUT2D eigenvalue weighted by molar-refractivity contribution is 6.33. The summed E-state index contributed by atoms with van der Waals surface area (Å²) in [4.78, 5) is 12.7. The van der Waals surface area contributed by atoms with Crippen LogP contribution in [0.2, 0.25) is 10.0 Å². The van der Waals surface area contributed by atoms with Crippen molar-refractivity contribution >= 4 is 47.0 Å². The molecule has 0 bridgehead atoms. The largest absolute Gasteiger partial charge is 0.573 e. The van der Waals surface area contributed by atoms with Crippen LogP contribution in [0.5, 0.6) is 5.75 Å². The molecular formula is C23H14Cl2F4N6O. The summed E-state index contributed by atoms with van der Waals surface area (Å²) in [7, 11) is 0. The van der Waals surface area contributed by atoms with Crippen molar-refractivity contribution in [3.63, 3.8) is 0 Å². The fourth-order valence-electron chi connectivity index (χ4n) is 2.89. The molecule has 0 atom stereocenters. The average molecular weight is 537 g/mol. The molecule has 0 saturated heterocycles. The summed E-state index contributed by atoms with van der Waals surface area (Å²) < 4.78 is 55.3. The van der Waals surface area contributed by atoms with E-state index in [1.807, 2.05) is 0 Å². The molecule has 0 radical (unpaired) electrons. The molecule has 0 spiro atoms. The van der Waals surface area contributed by atoms with Crippen LogP contribution >= 0.6 is 23.2 Å². The van der Waals surface area contributed by atoms with Gasteiger partial charge in [0.15, 0.2) is 5.82 Å². The van der Waals surface area contributed by atoms with Gasteiger partial charge in [-0.25, -0.2) is 9.82 Å². The van der Waals surface area contributed by atoms with Crippen LogP contribution in [0.15, 0.2) is 71.8 Å². The maximum absolute atomic E-state index is 14.5. The first-order chi connectivity index (χ1) is 17.2. The molecule has 0 aliphatic heterocycles. The number of aromatic nitrogens is 3. The summed E-state index contributed by atoms with van der Waals surface area (Å²) in [6.45, 7) is 0. The maximum Gasteiger partial charge on any atom is 0.573 e. The van der Waals surface area contributed by atoms with E-state index >= 15 is 0 Å². The molecule has 1 aromatic heterocycles. The molecular weight excluding hydrogens is 523 g/mol. The Labute approximate surface area is 211 Å². The van der Waals surface area contributed by atoms with Crippen LogP contribution < -0.4 is 15.5 Å². The van der Waals surface area contributed by atoms with E-state index in [0.717, 1.165) is 12.1 Å². The van der Waals surface area contributed by atoms with Gasteiger partial charge in [0.1, 0.15) is 11.6 Å². The number of anilines is 3. The van der Waals surface area contributed by atoms with Crippen molar-refractivity contribution in [2.24, 2.45) is 5.10 Å². The molecule has 4 rings (SSSR count). The lowest BCUT2D eigenvalue weighted by Gasteiger charge is -2.10. The number of benzene rings is 3. The Bertz CT molecular complexity index is 1360. The van der Waals surface area contributed by atoms with Gasteiger partial charge in [-0.2, -0.15) is 20.1 Å². The lowest BCUT2D eigenvalue weighted by molar-refractivity contribution is -0.274. The summed E-state index contributed by atoms with van der Waals surface area (Å²) >= 11 is 12.1. The second-order valence-electron chi connectivity index (χ2n) is 7.02. The number of rotatable bonds is 7. The molecule has 3 aromatic carbocycles. The summed E-state index contributed by atoms with van der Waals surface area (Å²) in [6.07, 6.45) is -3.46. The van der Waals surface area contributed by atoms with Gasteiger partial charge in [-0.05, 0) is 66.2 Å². The Balaban J connectivity index is 1.60. The minimum absolute atomic E-state index is 0.0343. The zero-order valence-electron chi connectivity index (χ0n) is 17.9. The highest BCUT2D eigenvalue weighted by Gasteiger charge is 2.30. The number of alkyl halides is 3. The van der Waals surface area contributed by atoms with E-state index in [1.54, 1.807) is 24.3 Å². The van der Waals surface area contributed by atoms with Gasteiger partial charge in [0.25, 0.3) is 0 Å². The number of hydrogen-bond donors (Lipinski definition) is 2. The van der Waals surface area contributed by atoms with Crippen LogP contribution in [0.1, 0.15) is 5.56 Å². The molecule has 0 amide bonds. The number of halogens is 6. The molecule has 1 heterocycles. The second kappa shape index (κ2) is 10.8. The number of hydrogen-bond acceptors (Lipinski definition) is 7. The van der Waals surface area contributed by atoms with Gasteiger partial charge in [0.2, 0.25) is 11.9 Å². The SMILES string of the molecule is Fc1cccc(Cl)c1-c1nc(NN=Cc2ccc(OC(F)(F)F)cc2)nc(Nc2ccc(Cl)cc2)n1. The lowest BCUT2D eigenvalue weighted by Crippen LogP contribution is -2.17. The standard InChI is InChI=1S/C23H14Cl2F4N6O/c24-14-6-8-15(9-7-14)31-21-32-20(19-17(25)2-1-3-18(19)26)33-22(34-21)35-30-12-13-4-10-16(11-5-13)36-23(27,28)29/h1-12H,(H2,31,32,33,34,35). The summed E-state index contributed by atoms with van der Waals surface area (Å²) in [5.74, 6) is -1.05. The smallest absolute Gasteiger partial charge is 0.406 e. The van der Waals surface area contributed by atoms with Crippen molar-refractivity contribution in [3.05, 3.63) is 88.2 Å².